The van der Waals surface area contributed by atoms with E-state index in [0.717, 1.165) is 38.9 Å². The van der Waals surface area contributed by atoms with Gasteiger partial charge in [0.25, 0.3) is 0 Å². The minimum absolute atomic E-state index is 0.188. The fraction of sp³-hybridized carbons (Fsp3) is 0.933. The average Bonchev–Trinajstić information content (AvgIpc) is 2.83. The van der Waals surface area contributed by atoms with Crippen LogP contribution in [0.2, 0.25) is 0 Å². The van der Waals surface area contributed by atoms with E-state index in [1.807, 2.05) is 11.9 Å². The Kier molecular flexibility index (Phi) is 4.85. The molecule has 19 heavy (non-hydrogen) atoms. The summed E-state index contributed by atoms with van der Waals surface area (Å²) in [5, 5.41) is 3.37. The molecule has 0 bridgehead atoms. The molecule has 2 atom stereocenters. The number of likely N-dealkylation sites (tertiary alicyclic amines) is 1. The van der Waals surface area contributed by atoms with Crippen molar-refractivity contribution < 1.29 is 4.79 Å². The van der Waals surface area contributed by atoms with E-state index >= 15 is 0 Å². The van der Waals surface area contributed by atoms with Gasteiger partial charge >= 0.3 is 0 Å². The average molecular weight is 267 g/mol. The summed E-state index contributed by atoms with van der Waals surface area (Å²) in [4.78, 5) is 17.1. The molecule has 0 radical (unpaired) electrons. The number of rotatable bonds is 3. The lowest BCUT2D eigenvalue weighted by atomic mass is 9.97. The summed E-state index contributed by atoms with van der Waals surface area (Å²) in [6.07, 6.45) is 3.24. The molecule has 0 aromatic rings. The smallest absolute Gasteiger partial charge is 0.227 e. The Hall–Kier alpha value is -0.610. The fourth-order valence-electron chi connectivity index (χ4n) is 3.43. The van der Waals surface area contributed by atoms with Gasteiger partial charge in [0.1, 0.15) is 0 Å². The van der Waals surface area contributed by atoms with Crippen molar-refractivity contribution in [2.24, 2.45) is 5.92 Å². The van der Waals surface area contributed by atoms with E-state index in [9.17, 15) is 4.79 Å². The van der Waals surface area contributed by atoms with Crippen molar-refractivity contribution >= 4 is 5.91 Å². The van der Waals surface area contributed by atoms with Gasteiger partial charge < -0.3 is 15.1 Å². The van der Waals surface area contributed by atoms with Crippen molar-refractivity contribution in [1.29, 1.82) is 0 Å². The van der Waals surface area contributed by atoms with Crippen LogP contribution < -0.4 is 5.32 Å². The first-order valence-corrected chi connectivity index (χ1v) is 7.74. The lowest BCUT2D eigenvalue weighted by Gasteiger charge is -2.39. The van der Waals surface area contributed by atoms with Gasteiger partial charge in [-0.1, -0.05) is 0 Å². The van der Waals surface area contributed by atoms with Crippen LogP contribution in [0.4, 0.5) is 0 Å². The molecule has 2 heterocycles. The second-order valence-electron chi connectivity index (χ2n) is 6.45. The number of amides is 1. The number of carbonyl (C=O) groups is 1. The van der Waals surface area contributed by atoms with E-state index in [1.54, 1.807) is 0 Å². The molecule has 0 spiro atoms. The Balaban J connectivity index is 1.87. The molecule has 1 amide bonds. The van der Waals surface area contributed by atoms with Crippen molar-refractivity contribution in [2.45, 2.75) is 58.2 Å². The Morgan fingerprint density at radius 3 is 2.37 bits per heavy atom. The van der Waals surface area contributed by atoms with Gasteiger partial charge in [-0.05, 0) is 46.6 Å². The summed E-state index contributed by atoms with van der Waals surface area (Å²) < 4.78 is 0. The van der Waals surface area contributed by atoms with Gasteiger partial charge in [0.05, 0.1) is 5.92 Å². The molecular weight excluding hydrogens is 238 g/mol. The largest absolute Gasteiger partial charge is 0.342 e. The van der Waals surface area contributed by atoms with E-state index in [-0.39, 0.29) is 5.92 Å². The van der Waals surface area contributed by atoms with Crippen LogP contribution in [-0.2, 0) is 4.79 Å². The maximum atomic E-state index is 12.5. The van der Waals surface area contributed by atoms with Crippen LogP contribution in [-0.4, -0.2) is 60.5 Å². The van der Waals surface area contributed by atoms with Gasteiger partial charge in [0.15, 0.2) is 0 Å². The summed E-state index contributed by atoms with van der Waals surface area (Å²) in [7, 11) is 2.00. The number of piperidine rings is 1. The number of hydrogen-bond donors (Lipinski definition) is 1. The summed E-state index contributed by atoms with van der Waals surface area (Å²) >= 11 is 0. The molecule has 2 saturated heterocycles. The predicted octanol–water partition coefficient (Wildman–Crippen LogP) is 1.32. The standard InChI is InChI=1S/C15H29N3O/c1-11(2)18-9-6-13(7-10-18)17(4)15(19)14-5-8-16-12(14)3/h11-14,16H,5-10H2,1-4H3. The Morgan fingerprint density at radius 2 is 1.89 bits per heavy atom. The van der Waals surface area contributed by atoms with Crippen LogP contribution in [0.15, 0.2) is 0 Å². The molecular formula is C15H29N3O. The summed E-state index contributed by atoms with van der Waals surface area (Å²) in [6, 6.07) is 1.40. The molecule has 4 nitrogen and oxygen atoms in total. The number of carbonyl (C=O) groups excluding carboxylic acids is 1. The third-order valence-electron chi connectivity index (χ3n) is 4.97. The number of nitrogens with zero attached hydrogens (tertiary/aromatic N) is 2. The summed E-state index contributed by atoms with van der Waals surface area (Å²) in [6.45, 7) is 9.86. The summed E-state index contributed by atoms with van der Waals surface area (Å²) in [5.41, 5.74) is 0. The third kappa shape index (κ3) is 3.29. The molecule has 2 fully saturated rings. The van der Waals surface area contributed by atoms with E-state index in [1.165, 1.54) is 0 Å². The van der Waals surface area contributed by atoms with Gasteiger partial charge in [-0.3, -0.25) is 4.79 Å². The Morgan fingerprint density at radius 1 is 1.26 bits per heavy atom. The maximum absolute atomic E-state index is 12.5. The van der Waals surface area contributed by atoms with Gasteiger partial charge in [-0.2, -0.15) is 0 Å². The van der Waals surface area contributed by atoms with Gasteiger partial charge in [0, 0.05) is 38.3 Å². The van der Waals surface area contributed by atoms with Gasteiger partial charge in [-0.25, -0.2) is 0 Å². The van der Waals surface area contributed by atoms with Crippen molar-refractivity contribution in [3.8, 4) is 0 Å². The molecule has 0 aliphatic carbocycles. The van der Waals surface area contributed by atoms with E-state index in [4.69, 9.17) is 0 Å². The maximum Gasteiger partial charge on any atom is 0.227 e. The molecule has 2 unspecified atom stereocenters. The highest BCUT2D eigenvalue weighted by Crippen LogP contribution is 2.23. The minimum atomic E-state index is 0.188. The van der Waals surface area contributed by atoms with Crippen LogP contribution in [0, 0.1) is 5.92 Å². The van der Waals surface area contributed by atoms with Crippen LogP contribution in [0.3, 0.4) is 0 Å². The van der Waals surface area contributed by atoms with Crippen molar-refractivity contribution in [2.75, 3.05) is 26.7 Å². The first-order valence-electron chi connectivity index (χ1n) is 7.74. The monoisotopic (exact) mass is 267 g/mol. The fourth-order valence-corrected chi connectivity index (χ4v) is 3.43. The number of nitrogens with one attached hydrogen (secondary N) is 1. The lowest BCUT2D eigenvalue weighted by Crippen LogP contribution is -2.49. The molecule has 2 rings (SSSR count). The van der Waals surface area contributed by atoms with E-state index < -0.39 is 0 Å². The van der Waals surface area contributed by atoms with Gasteiger partial charge in [0.2, 0.25) is 5.91 Å². The van der Waals surface area contributed by atoms with Crippen LogP contribution in [0.1, 0.15) is 40.0 Å². The molecule has 1 N–H and O–H groups in total. The molecule has 0 aromatic carbocycles. The first kappa shape index (κ1) is 14.8. The quantitative estimate of drug-likeness (QED) is 0.837. The second-order valence-corrected chi connectivity index (χ2v) is 6.45. The molecule has 0 saturated carbocycles. The zero-order valence-corrected chi connectivity index (χ0v) is 12.9. The SMILES string of the molecule is CC1NCCC1C(=O)N(C)C1CCN(C(C)C)CC1. The molecule has 110 valence electrons. The Labute approximate surface area is 117 Å². The highest BCUT2D eigenvalue weighted by molar-refractivity contribution is 5.80. The van der Waals surface area contributed by atoms with E-state index in [2.05, 4.69) is 31.0 Å². The topological polar surface area (TPSA) is 35.6 Å². The zero-order valence-electron chi connectivity index (χ0n) is 12.9. The van der Waals surface area contributed by atoms with Gasteiger partial charge in [-0.15, -0.1) is 0 Å². The van der Waals surface area contributed by atoms with Crippen LogP contribution in [0.25, 0.3) is 0 Å². The zero-order chi connectivity index (χ0) is 14.0. The lowest BCUT2D eigenvalue weighted by molar-refractivity contribution is -0.137. The van der Waals surface area contributed by atoms with Crippen LogP contribution >= 0.6 is 0 Å². The normalized spacial score (nSPS) is 29.9. The summed E-state index contributed by atoms with van der Waals surface area (Å²) in [5.74, 6) is 0.536. The van der Waals surface area contributed by atoms with Crippen molar-refractivity contribution in [3.05, 3.63) is 0 Å². The van der Waals surface area contributed by atoms with Crippen molar-refractivity contribution in [3.63, 3.8) is 0 Å². The molecule has 2 aliphatic heterocycles. The predicted molar refractivity (Wildman–Crippen MR) is 78.1 cm³/mol. The van der Waals surface area contributed by atoms with E-state index in [0.29, 0.717) is 24.0 Å². The minimum Gasteiger partial charge on any atom is -0.342 e. The third-order valence-corrected chi connectivity index (χ3v) is 4.97. The molecule has 0 aromatic heterocycles. The highest BCUT2D eigenvalue weighted by atomic mass is 16.2. The van der Waals surface area contributed by atoms with Crippen molar-refractivity contribution in [1.82, 2.24) is 15.1 Å². The first-order chi connectivity index (χ1) is 9.00. The number of hydrogen-bond acceptors (Lipinski definition) is 3. The molecule has 4 heteroatoms. The Bertz CT molecular complexity index is 311. The molecule has 2 aliphatic rings. The second kappa shape index (κ2) is 6.23. The highest BCUT2D eigenvalue weighted by Gasteiger charge is 2.34. The van der Waals surface area contributed by atoms with Crippen LogP contribution in [0.5, 0.6) is 0 Å².